The second-order valence-corrected chi connectivity index (χ2v) is 7.50. The highest BCUT2D eigenvalue weighted by atomic mass is 16.6. The van der Waals surface area contributed by atoms with Gasteiger partial charge in [0.25, 0.3) is 0 Å². The zero-order chi connectivity index (χ0) is 16.6. The van der Waals surface area contributed by atoms with Crippen LogP contribution in [0.1, 0.15) is 48.0 Å². The minimum Gasteiger partial charge on any atom is -0.444 e. The first kappa shape index (κ1) is 17.4. The fraction of sp³-hybridized carbons (Fsp3) is 0.750. The van der Waals surface area contributed by atoms with Gasteiger partial charge in [0.2, 0.25) is 5.91 Å². The minimum absolute atomic E-state index is 0.140. The topological polar surface area (TPSA) is 49.9 Å². The molecule has 1 rings (SSSR count). The number of terminal acetylenes is 1. The Morgan fingerprint density at radius 2 is 1.81 bits per heavy atom. The molecule has 2 amide bonds. The fourth-order valence-electron chi connectivity index (χ4n) is 2.67. The Balaban J connectivity index is 3.21. The molecular weight excluding hydrogens is 268 g/mol. The molecule has 5 heteroatoms. The van der Waals surface area contributed by atoms with Crippen LogP contribution in [0.15, 0.2) is 0 Å². The van der Waals surface area contributed by atoms with E-state index in [-0.39, 0.29) is 23.9 Å². The van der Waals surface area contributed by atoms with Gasteiger partial charge in [-0.25, -0.2) is 4.79 Å². The van der Waals surface area contributed by atoms with E-state index < -0.39 is 17.7 Å². The summed E-state index contributed by atoms with van der Waals surface area (Å²) in [7, 11) is 1.70. The largest absolute Gasteiger partial charge is 0.444 e. The van der Waals surface area contributed by atoms with Crippen molar-refractivity contribution < 1.29 is 14.3 Å². The highest BCUT2D eigenvalue weighted by Crippen LogP contribution is 2.35. The van der Waals surface area contributed by atoms with E-state index in [1.807, 2.05) is 20.8 Å². The summed E-state index contributed by atoms with van der Waals surface area (Å²) in [6, 6.07) is -0.654. The van der Waals surface area contributed by atoms with E-state index in [1.165, 1.54) is 4.90 Å². The molecule has 2 atom stereocenters. The first-order valence-electron chi connectivity index (χ1n) is 7.11. The number of hydrogen-bond acceptors (Lipinski definition) is 3. The standard InChI is InChI=1S/C16H26N2O3/c1-9-10-11-12(19)17(8)13(15(2,3)4)18(11)14(20)21-16(5,6)7/h1,11,13H,10H2,2-8H3/t11-,13-/m0/s1. The Bertz CT molecular complexity index is 465. The normalized spacial score (nSPS) is 23.2. The predicted molar refractivity (Wildman–Crippen MR) is 81.3 cm³/mol. The smallest absolute Gasteiger partial charge is 0.412 e. The summed E-state index contributed by atoms with van der Waals surface area (Å²) in [4.78, 5) is 28.0. The van der Waals surface area contributed by atoms with Gasteiger partial charge in [-0.05, 0) is 20.8 Å². The van der Waals surface area contributed by atoms with Gasteiger partial charge in [-0.1, -0.05) is 20.8 Å². The zero-order valence-electron chi connectivity index (χ0n) is 14.1. The Morgan fingerprint density at radius 1 is 1.29 bits per heavy atom. The van der Waals surface area contributed by atoms with Crippen molar-refractivity contribution in [2.75, 3.05) is 7.05 Å². The number of likely N-dealkylation sites (N-methyl/N-ethyl adjacent to an activating group) is 1. The first-order valence-corrected chi connectivity index (χ1v) is 7.11. The molecule has 0 unspecified atom stereocenters. The van der Waals surface area contributed by atoms with Crippen molar-refractivity contribution in [1.82, 2.24) is 9.80 Å². The Labute approximate surface area is 127 Å². The maximum absolute atomic E-state index is 12.6. The highest BCUT2D eigenvalue weighted by Gasteiger charge is 2.52. The molecule has 1 saturated heterocycles. The monoisotopic (exact) mass is 294 g/mol. The Kier molecular flexibility index (Phi) is 4.62. The van der Waals surface area contributed by atoms with Crippen LogP contribution >= 0.6 is 0 Å². The molecule has 0 aromatic carbocycles. The van der Waals surface area contributed by atoms with Gasteiger partial charge in [-0.2, -0.15) is 0 Å². The average molecular weight is 294 g/mol. The van der Waals surface area contributed by atoms with Gasteiger partial charge in [-0.3, -0.25) is 9.69 Å². The van der Waals surface area contributed by atoms with Crippen LogP contribution in [0, 0.1) is 17.8 Å². The summed E-state index contributed by atoms with van der Waals surface area (Å²) in [5.74, 6) is 2.34. The van der Waals surface area contributed by atoms with Crippen molar-refractivity contribution in [3.8, 4) is 12.3 Å². The number of amides is 2. The molecule has 0 saturated carbocycles. The van der Waals surface area contributed by atoms with Crippen LogP contribution in [-0.4, -0.2) is 46.7 Å². The molecule has 0 radical (unpaired) electrons. The summed E-state index contributed by atoms with van der Waals surface area (Å²) in [5.41, 5.74) is -0.922. The zero-order valence-corrected chi connectivity index (χ0v) is 14.1. The van der Waals surface area contributed by atoms with E-state index in [4.69, 9.17) is 11.2 Å². The molecule has 1 aliphatic rings. The minimum atomic E-state index is -0.654. The van der Waals surface area contributed by atoms with E-state index in [2.05, 4.69) is 5.92 Å². The van der Waals surface area contributed by atoms with Crippen molar-refractivity contribution in [3.05, 3.63) is 0 Å². The van der Waals surface area contributed by atoms with Gasteiger partial charge in [-0.15, -0.1) is 12.3 Å². The van der Waals surface area contributed by atoms with Crippen molar-refractivity contribution in [2.24, 2.45) is 5.41 Å². The molecule has 1 fully saturated rings. The molecule has 1 heterocycles. The Morgan fingerprint density at radius 3 is 2.19 bits per heavy atom. The van der Waals surface area contributed by atoms with Crippen molar-refractivity contribution in [3.63, 3.8) is 0 Å². The quantitative estimate of drug-likeness (QED) is 0.698. The van der Waals surface area contributed by atoms with E-state index in [9.17, 15) is 9.59 Å². The van der Waals surface area contributed by atoms with Crippen LogP contribution in [0.25, 0.3) is 0 Å². The van der Waals surface area contributed by atoms with Gasteiger partial charge in [0.15, 0.2) is 0 Å². The lowest BCUT2D eigenvalue weighted by atomic mass is 9.91. The van der Waals surface area contributed by atoms with Crippen LogP contribution in [0.2, 0.25) is 0 Å². The molecule has 5 nitrogen and oxygen atoms in total. The van der Waals surface area contributed by atoms with E-state index in [0.717, 1.165) is 0 Å². The van der Waals surface area contributed by atoms with Gasteiger partial charge < -0.3 is 9.64 Å². The molecule has 0 aromatic heterocycles. The third-order valence-electron chi connectivity index (χ3n) is 3.29. The number of hydrogen-bond donors (Lipinski definition) is 0. The van der Waals surface area contributed by atoms with Crippen molar-refractivity contribution in [1.29, 1.82) is 0 Å². The van der Waals surface area contributed by atoms with Gasteiger partial charge in [0, 0.05) is 18.9 Å². The third kappa shape index (κ3) is 3.69. The van der Waals surface area contributed by atoms with E-state index in [0.29, 0.717) is 0 Å². The third-order valence-corrected chi connectivity index (χ3v) is 3.29. The molecule has 0 bridgehead atoms. The number of rotatable bonds is 1. The summed E-state index contributed by atoms with van der Waals surface area (Å²) >= 11 is 0. The van der Waals surface area contributed by atoms with Crippen LogP contribution in [0.4, 0.5) is 4.79 Å². The van der Waals surface area contributed by atoms with Crippen LogP contribution in [0.3, 0.4) is 0 Å². The highest BCUT2D eigenvalue weighted by molar-refractivity contribution is 5.89. The van der Waals surface area contributed by atoms with Gasteiger partial charge >= 0.3 is 6.09 Å². The van der Waals surface area contributed by atoms with Crippen molar-refractivity contribution in [2.45, 2.75) is 65.8 Å². The van der Waals surface area contributed by atoms with Crippen LogP contribution in [0.5, 0.6) is 0 Å². The second-order valence-electron chi connectivity index (χ2n) is 7.50. The maximum Gasteiger partial charge on any atom is 0.412 e. The number of carbonyl (C=O) groups excluding carboxylic acids is 2. The lowest BCUT2D eigenvalue weighted by molar-refractivity contribution is -0.129. The van der Waals surface area contributed by atoms with E-state index >= 15 is 0 Å². The molecular formula is C16H26N2O3. The van der Waals surface area contributed by atoms with Crippen LogP contribution < -0.4 is 0 Å². The molecule has 0 aromatic rings. The SMILES string of the molecule is C#CC[C@H]1C(=O)N(C)[C@H](C(C)(C)C)N1C(=O)OC(C)(C)C. The number of ether oxygens (including phenoxy) is 1. The Hall–Kier alpha value is -1.70. The van der Waals surface area contributed by atoms with Gasteiger partial charge in [0.05, 0.1) is 0 Å². The molecule has 1 aliphatic heterocycles. The average Bonchev–Trinajstić information content (AvgIpc) is 2.51. The summed E-state index contributed by atoms with van der Waals surface area (Å²) < 4.78 is 5.46. The summed E-state index contributed by atoms with van der Waals surface area (Å²) in [5, 5.41) is 0. The molecule has 0 N–H and O–H groups in total. The molecule has 0 aliphatic carbocycles. The number of nitrogens with zero attached hydrogens (tertiary/aromatic N) is 2. The lowest BCUT2D eigenvalue weighted by Crippen LogP contribution is -2.52. The number of carbonyl (C=O) groups is 2. The maximum atomic E-state index is 12.6. The second kappa shape index (κ2) is 5.59. The van der Waals surface area contributed by atoms with Crippen molar-refractivity contribution >= 4 is 12.0 Å². The summed E-state index contributed by atoms with van der Waals surface area (Å²) in [6.45, 7) is 11.4. The van der Waals surface area contributed by atoms with Crippen LogP contribution in [-0.2, 0) is 9.53 Å². The van der Waals surface area contributed by atoms with Gasteiger partial charge in [0.1, 0.15) is 17.8 Å². The fourth-order valence-corrected chi connectivity index (χ4v) is 2.67. The lowest BCUT2D eigenvalue weighted by Gasteiger charge is -2.39. The predicted octanol–water partition coefficient (Wildman–Crippen LogP) is 2.46. The molecule has 0 spiro atoms. The summed E-state index contributed by atoms with van der Waals surface area (Å²) in [6.07, 6.45) is 4.67. The molecule has 118 valence electrons. The molecule has 21 heavy (non-hydrogen) atoms. The van der Waals surface area contributed by atoms with E-state index in [1.54, 1.807) is 32.7 Å². The first-order chi connectivity index (χ1) is 9.40.